The average Bonchev–Trinajstić information content (AvgIpc) is 3.03. The van der Waals surface area contributed by atoms with Gasteiger partial charge in [-0.05, 0) is 24.1 Å². The number of imidazole rings is 1. The summed E-state index contributed by atoms with van der Waals surface area (Å²) in [4.78, 5) is 16.4. The third-order valence-corrected chi connectivity index (χ3v) is 3.85. The first-order valence-electron chi connectivity index (χ1n) is 8.18. The van der Waals surface area contributed by atoms with E-state index in [0.717, 1.165) is 11.4 Å². The van der Waals surface area contributed by atoms with Gasteiger partial charge in [0.25, 0.3) is 0 Å². The molecule has 1 aromatic carbocycles. The lowest BCUT2D eigenvalue weighted by atomic mass is 10.1. The summed E-state index contributed by atoms with van der Waals surface area (Å²) in [7, 11) is 0. The van der Waals surface area contributed by atoms with E-state index in [0.29, 0.717) is 25.3 Å². The Morgan fingerprint density at radius 1 is 1.29 bits per heavy atom. The maximum atomic E-state index is 12.1. The van der Waals surface area contributed by atoms with Gasteiger partial charge in [-0.2, -0.15) is 0 Å². The van der Waals surface area contributed by atoms with Crippen LogP contribution >= 0.6 is 0 Å². The zero-order chi connectivity index (χ0) is 17.5. The number of rotatable bonds is 8. The molecule has 0 saturated heterocycles. The van der Waals surface area contributed by atoms with Crippen LogP contribution in [0.2, 0.25) is 0 Å². The molecule has 3 N–H and O–H groups in total. The summed E-state index contributed by atoms with van der Waals surface area (Å²) in [5.74, 6) is 1.37. The number of benzene rings is 1. The quantitative estimate of drug-likeness (QED) is 0.688. The lowest BCUT2D eigenvalue weighted by molar-refractivity contribution is -0.122. The van der Waals surface area contributed by atoms with E-state index in [9.17, 15) is 15.0 Å². The van der Waals surface area contributed by atoms with Gasteiger partial charge in [-0.1, -0.05) is 26.0 Å². The molecular formula is C18H25N3O3. The summed E-state index contributed by atoms with van der Waals surface area (Å²) in [5.41, 5.74) is 0.948. The van der Waals surface area contributed by atoms with Crippen LogP contribution in [0.5, 0.6) is 5.75 Å². The highest BCUT2D eigenvalue weighted by Crippen LogP contribution is 2.13. The van der Waals surface area contributed by atoms with Gasteiger partial charge >= 0.3 is 0 Å². The van der Waals surface area contributed by atoms with Crippen LogP contribution < -0.4 is 5.32 Å². The van der Waals surface area contributed by atoms with E-state index in [1.54, 1.807) is 30.5 Å². The normalized spacial score (nSPS) is 12.3. The van der Waals surface area contributed by atoms with Crippen molar-refractivity contribution in [3.05, 3.63) is 48.0 Å². The van der Waals surface area contributed by atoms with Gasteiger partial charge in [0, 0.05) is 31.3 Å². The van der Waals surface area contributed by atoms with Crippen LogP contribution in [0.1, 0.15) is 37.6 Å². The number of carbonyl (C=O) groups is 1. The van der Waals surface area contributed by atoms with Crippen LogP contribution in [0.25, 0.3) is 0 Å². The monoisotopic (exact) mass is 331 g/mol. The molecule has 0 aliphatic carbocycles. The van der Waals surface area contributed by atoms with E-state index in [1.165, 1.54) is 0 Å². The first-order chi connectivity index (χ1) is 11.5. The minimum absolute atomic E-state index is 0.101. The maximum Gasteiger partial charge on any atom is 0.222 e. The van der Waals surface area contributed by atoms with Gasteiger partial charge in [0.05, 0.1) is 12.6 Å². The minimum Gasteiger partial charge on any atom is -0.508 e. The standard InChI is InChI=1S/C18H25N3O3/c1-13(2)18-19-8-10-21(18)9-7-17(24)20-15(12-22)11-14-3-5-16(23)6-4-14/h3-6,8,10,13,15,22-23H,7,9,11-12H2,1-2H3,(H,20,24)/t15-/m0/s1. The van der Waals surface area contributed by atoms with E-state index >= 15 is 0 Å². The van der Waals surface area contributed by atoms with Gasteiger partial charge in [-0.3, -0.25) is 4.79 Å². The molecule has 1 amide bonds. The molecule has 1 heterocycles. The van der Waals surface area contributed by atoms with Crippen molar-refractivity contribution in [2.75, 3.05) is 6.61 Å². The highest BCUT2D eigenvalue weighted by molar-refractivity contribution is 5.76. The highest BCUT2D eigenvalue weighted by Gasteiger charge is 2.13. The van der Waals surface area contributed by atoms with Crippen LogP contribution in [-0.2, 0) is 17.8 Å². The Morgan fingerprint density at radius 2 is 2.00 bits per heavy atom. The molecule has 0 unspecified atom stereocenters. The zero-order valence-electron chi connectivity index (χ0n) is 14.1. The molecule has 130 valence electrons. The van der Waals surface area contributed by atoms with Crippen molar-refractivity contribution in [2.45, 2.75) is 45.2 Å². The average molecular weight is 331 g/mol. The Kier molecular flexibility index (Phi) is 6.37. The number of aromatic nitrogens is 2. The van der Waals surface area contributed by atoms with Crippen LogP contribution in [0.15, 0.2) is 36.7 Å². The molecule has 1 atom stereocenters. The van der Waals surface area contributed by atoms with E-state index in [-0.39, 0.29) is 24.3 Å². The molecular weight excluding hydrogens is 306 g/mol. The summed E-state index contributed by atoms with van der Waals surface area (Å²) in [6.45, 7) is 4.57. The topological polar surface area (TPSA) is 87.4 Å². The lowest BCUT2D eigenvalue weighted by Gasteiger charge is -2.17. The van der Waals surface area contributed by atoms with Crippen molar-refractivity contribution in [3.8, 4) is 5.75 Å². The Bertz CT molecular complexity index is 650. The molecule has 6 nitrogen and oxygen atoms in total. The van der Waals surface area contributed by atoms with E-state index in [4.69, 9.17) is 0 Å². The molecule has 0 aliphatic rings. The largest absolute Gasteiger partial charge is 0.508 e. The molecule has 6 heteroatoms. The number of aryl methyl sites for hydroxylation is 1. The number of phenols is 1. The van der Waals surface area contributed by atoms with Crippen molar-refractivity contribution in [2.24, 2.45) is 0 Å². The number of aliphatic hydroxyl groups is 1. The number of hydrogen-bond donors (Lipinski definition) is 3. The van der Waals surface area contributed by atoms with E-state index in [2.05, 4.69) is 24.1 Å². The molecule has 0 radical (unpaired) electrons. The molecule has 2 aromatic rings. The summed E-state index contributed by atoms with van der Waals surface area (Å²) in [6.07, 6.45) is 4.48. The van der Waals surface area contributed by atoms with Crippen LogP contribution in [0, 0.1) is 0 Å². The smallest absolute Gasteiger partial charge is 0.222 e. The highest BCUT2D eigenvalue weighted by atomic mass is 16.3. The summed E-state index contributed by atoms with van der Waals surface area (Å²) in [5, 5.41) is 21.6. The Labute approximate surface area is 142 Å². The molecule has 0 saturated carbocycles. The van der Waals surface area contributed by atoms with E-state index in [1.807, 2.05) is 10.8 Å². The third kappa shape index (κ3) is 5.09. The fourth-order valence-corrected chi connectivity index (χ4v) is 2.61. The van der Waals surface area contributed by atoms with Crippen molar-refractivity contribution in [1.29, 1.82) is 0 Å². The number of nitrogens with zero attached hydrogens (tertiary/aromatic N) is 2. The lowest BCUT2D eigenvalue weighted by Crippen LogP contribution is -2.39. The first-order valence-corrected chi connectivity index (χ1v) is 8.18. The molecule has 24 heavy (non-hydrogen) atoms. The van der Waals surface area contributed by atoms with Crippen LogP contribution in [0.4, 0.5) is 0 Å². The van der Waals surface area contributed by atoms with Crippen LogP contribution in [-0.4, -0.2) is 38.3 Å². The van der Waals surface area contributed by atoms with E-state index < -0.39 is 0 Å². The molecule has 1 aromatic heterocycles. The molecule has 0 fully saturated rings. The van der Waals surface area contributed by atoms with Gasteiger partial charge in [-0.15, -0.1) is 0 Å². The maximum absolute atomic E-state index is 12.1. The van der Waals surface area contributed by atoms with Gasteiger partial charge < -0.3 is 20.1 Å². The Morgan fingerprint density at radius 3 is 2.62 bits per heavy atom. The Hall–Kier alpha value is -2.34. The molecule has 0 spiro atoms. The van der Waals surface area contributed by atoms with Gasteiger partial charge in [0.2, 0.25) is 5.91 Å². The molecule has 0 aliphatic heterocycles. The third-order valence-electron chi connectivity index (χ3n) is 3.85. The second kappa shape index (κ2) is 8.49. The van der Waals surface area contributed by atoms with Crippen molar-refractivity contribution in [3.63, 3.8) is 0 Å². The predicted molar refractivity (Wildman–Crippen MR) is 91.8 cm³/mol. The summed E-state index contributed by atoms with van der Waals surface area (Å²) in [6, 6.07) is 6.42. The summed E-state index contributed by atoms with van der Waals surface area (Å²) < 4.78 is 1.98. The van der Waals surface area contributed by atoms with Gasteiger partial charge in [0.15, 0.2) is 0 Å². The second-order valence-electron chi connectivity index (χ2n) is 6.20. The summed E-state index contributed by atoms with van der Waals surface area (Å²) >= 11 is 0. The van der Waals surface area contributed by atoms with Crippen molar-refractivity contribution < 1.29 is 15.0 Å². The van der Waals surface area contributed by atoms with Crippen molar-refractivity contribution >= 4 is 5.91 Å². The number of aromatic hydroxyl groups is 1. The Balaban J connectivity index is 1.85. The SMILES string of the molecule is CC(C)c1nccn1CCC(=O)N[C@H](CO)Cc1ccc(O)cc1. The fraction of sp³-hybridized carbons (Fsp3) is 0.444. The number of hydrogen-bond acceptors (Lipinski definition) is 4. The van der Waals surface area contributed by atoms with Gasteiger partial charge in [0.1, 0.15) is 11.6 Å². The number of nitrogens with one attached hydrogen (secondary N) is 1. The fourth-order valence-electron chi connectivity index (χ4n) is 2.61. The minimum atomic E-state index is -0.339. The zero-order valence-corrected chi connectivity index (χ0v) is 14.1. The first kappa shape index (κ1) is 18.0. The van der Waals surface area contributed by atoms with Gasteiger partial charge in [-0.25, -0.2) is 4.98 Å². The second-order valence-corrected chi connectivity index (χ2v) is 6.20. The number of phenolic OH excluding ortho intramolecular Hbond substituents is 1. The molecule has 0 bridgehead atoms. The number of amides is 1. The van der Waals surface area contributed by atoms with Crippen molar-refractivity contribution in [1.82, 2.24) is 14.9 Å². The number of carbonyl (C=O) groups excluding carboxylic acids is 1. The molecule has 2 rings (SSSR count). The predicted octanol–water partition coefficient (Wildman–Crippen LogP) is 1.82. The number of aliphatic hydroxyl groups excluding tert-OH is 1. The van der Waals surface area contributed by atoms with Crippen LogP contribution in [0.3, 0.4) is 0 Å².